The maximum Gasteiger partial charge on any atom is 0.0648 e. The molecule has 15 heavy (non-hydrogen) atoms. The van der Waals surface area contributed by atoms with Gasteiger partial charge in [0.25, 0.3) is 0 Å². The number of benzene rings is 1. The van der Waals surface area contributed by atoms with E-state index in [1.54, 1.807) is 0 Å². The number of aryl methyl sites for hydroxylation is 1. The normalized spacial score (nSPS) is 10.6. The highest BCUT2D eigenvalue weighted by Crippen LogP contribution is 2.15. The van der Waals surface area contributed by atoms with Gasteiger partial charge in [0.15, 0.2) is 0 Å². The van der Waals surface area contributed by atoms with Crippen molar-refractivity contribution in [1.29, 1.82) is 0 Å². The van der Waals surface area contributed by atoms with Crippen molar-refractivity contribution in [1.82, 2.24) is 9.78 Å². The van der Waals surface area contributed by atoms with E-state index in [9.17, 15) is 0 Å². The third-order valence-electron chi connectivity index (χ3n) is 2.53. The average Bonchev–Trinajstić information content (AvgIpc) is 2.61. The van der Waals surface area contributed by atoms with Crippen LogP contribution in [0, 0.1) is 13.8 Å². The Morgan fingerprint density at radius 3 is 2.40 bits per heavy atom. The summed E-state index contributed by atoms with van der Waals surface area (Å²) in [5.41, 5.74) is 4.52. The monoisotopic (exact) mass is 220 g/mol. The second-order valence-electron chi connectivity index (χ2n) is 3.64. The van der Waals surface area contributed by atoms with E-state index in [1.807, 2.05) is 17.8 Å². The number of hydrogen-bond acceptors (Lipinski definition) is 1. The molecule has 1 aromatic carbocycles. The fourth-order valence-corrected chi connectivity index (χ4v) is 1.78. The Kier molecular flexibility index (Phi) is 2.78. The molecule has 3 heteroatoms. The van der Waals surface area contributed by atoms with Crippen molar-refractivity contribution in [3.8, 4) is 5.69 Å². The molecule has 0 bridgehead atoms. The summed E-state index contributed by atoms with van der Waals surface area (Å²) in [7, 11) is 0. The summed E-state index contributed by atoms with van der Waals surface area (Å²) >= 11 is 5.80. The second-order valence-corrected chi connectivity index (χ2v) is 3.90. The molecule has 0 unspecified atom stereocenters. The van der Waals surface area contributed by atoms with Crippen molar-refractivity contribution in [2.75, 3.05) is 0 Å². The first-order chi connectivity index (χ1) is 7.22. The van der Waals surface area contributed by atoms with Gasteiger partial charge in [0.05, 0.1) is 17.8 Å². The molecule has 0 spiro atoms. The SMILES string of the molecule is Cc1ccc(-n2ncc(CCl)c2C)cc1. The molecule has 0 N–H and O–H groups in total. The van der Waals surface area contributed by atoms with Crippen LogP contribution >= 0.6 is 11.6 Å². The van der Waals surface area contributed by atoms with Crippen LogP contribution in [-0.4, -0.2) is 9.78 Å². The predicted octanol–water partition coefficient (Wildman–Crippen LogP) is 3.23. The van der Waals surface area contributed by atoms with Crippen LogP contribution in [0.4, 0.5) is 0 Å². The van der Waals surface area contributed by atoms with Gasteiger partial charge in [-0.3, -0.25) is 0 Å². The molecule has 0 aliphatic carbocycles. The van der Waals surface area contributed by atoms with Crippen LogP contribution in [0.5, 0.6) is 0 Å². The maximum absolute atomic E-state index is 5.80. The van der Waals surface area contributed by atoms with E-state index in [1.165, 1.54) is 5.56 Å². The van der Waals surface area contributed by atoms with Gasteiger partial charge >= 0.3 is 0 Å². The van der Waals surface area contributed by atoms with Gasteiger partial charge in [-0.25, -0.2) is 4.68 Å². The van der Waals surface area contributed by atoms with Crippen LogP contribution in [0.25, 0.3) is 5.69 Å². The topological polar surface area (TPSA) is 17.8 Å². The fourth-order valence-electron chi connectivity index (χ4n) is 1.52. The number of hydrogen-bond donors (Lipinski definition) is 0. The van der Waals surface area contributed by atoms with Gasteiger partial charge in [-0.05, 0) is 26.0 Å². The molecule has 0 aliphatic rings. The highest BCUT2D eigenvalue weighted by atomic mass is 35.5. The summed E-state index contributed by atoms with van der Waals surface area (Å²) in [6, 6.07) is 8.29. The molecule has 0 saturated carbocycles. The van der Waals surface area contributed by atoms with E-state index in [0.29, 0.717) is 5.88 Å². The lowest BCUT2D eigenvalue weighted by Crippen LogP contribution is -1.98. The largest absolute Gasteiger partial charge is 0.238 e. The Morgan fingerprint density at radius 2 is 1.87 bits per heavy atom. The van der Waals surface area contributed by atoms with Gasteiger partial charge in [0.2, 0.25) is 0 Å². The molecule has 0 amide bonds. The van der Waals surface area contributed by atoms with Crippen molar-refractivity contribution in [2.24, 2.45) is 0 Å². The third-order valence-corrected chi connectivity index (χ3v) is 2.82. The lowest BCUT2D eigenvalue weighted by molar-refractivity contribution is 0.845. The molecule has 0 aliphatic heterocycles. The summed E-state index contributed by atoms with van der Waals surface area (Å²) in [6.07, 6.45) is 1.82. The van der Waals surface area contributed by atoms with Crippen LogP contribution in [0.15, 0.2) is 30.5 Å². The Hall–Kier alpha value is -1.28. The quantitative estimate of drug-likeness (QED) is 0.711. The van der Waals surface area contributed by atoms with Crippen molar-refractivity contribution in [3.63, 3.8) is 0 Å². The Morgan fingerprint density at radius 1 is 1.20 bits per heavy atom. The molecule has 0 fully saturated rings. The zero-order valence-electron chi connectivity index (χ0n) is 8.87. The van der Waals surface area contributed by atoms with Crippen molar-refractivity contribution in [3.05, 3.63) is 47.3 Å². The van der Waals surface area contributed by atoms with E-state index in [-0.39, 0.29) is 0 Å². The average molecular weight is 221 g/mol. The first kappa shape index (κ1) is 10.2. The molecule has 1 heterocycles. The number of rotatable bonds is 2. The minimum absolute atomic E-state index is 0.512. The summed E-state index contributed by atoms with van der Waals surface area (Å²) in [5, 5.41) is 4.32. The van der Waals surface area contributed by atoms with E-state index in [2.05, 4.69) is 36.3 Å². The van der Waals surface area contributed by atoms with Crippen LogP contribution in [-0.2, 0) is 5.88 Å². The highest BCUT2D eigenvalue weighted by Gasteiger charge is 2.06. The zero-order valence-corrected chi connectivity index (χ0v) is 9.62. The minimum atomic E-state index is 0.512. The summed E-state index contributed by atoms with van der Waals surface area (Å²) in [6.45, 7) is 4.11. The predicted molar refractivity (Wildman–Crippen MR) is 62.6 cm³/mol. The first-order valence-electron chi connectivity index (χ1n) is 4.89. The third kappa shape index (κ3) is 1.90. The maximum atomic E-state index is 5.80. The van der Waals surface area contributed by atoms with E-state index >= 15 is 0 Å². The molecule has 0 atom stereocenters. The van der Waals surface area contributed by atoms with Gasteiger partial charge in [-0.2, -0.15) is 5.10 Å². The van der Waals surface area contributed by atoms with Gasteiger partial charge in [0, 0.05) is 11.3 Å². The molecule has 78 valence electrons. The lowest BCUT2D eigenvalue weighted by Gasteiger charge is -2.05. The van der Waals surface area contributed by atoms with Crippen LogP contribution in [0.1, 0.15) is 16.8 Å². The number of halogens is 1. The van der Waals surface area contributed by atoms with Crippen LogP contribution < -0.4 is 0 Å². The van der Waals surface area contributed by atoms with Crippen LogP contribution in [0.3, 0.4) is 0 Å². The van der Waals surface area contributed by atoms with E-state index in [4.69, 9.17) is 11.6 Å². The van der Waals surface area contributed by atoms with Crippen molar-refractivity contribution < 1.29 is 0 Å². The molecule has 1 aromatic heterocycles. The van der Waals surface area contributed by atoms with E-state index in [0.717, 1.165) is 16.9 Å². The van der Waals surface area contributed by atoms with Crippen LogP contribution in [0.2, 0.25) is 0 Å². The van der Waals surface area contributed by atoms with Gasteiger partial charge < -0.3 is 0 Å². The molecule has 2 aromatic rings. The van der Waals surface area contributed by atoms with Gasteiger partial charge in [0.1, 0.15) is 0 Å². The second kappa shape index (κ2) is 4.07. The highest BCUT2D eigenvalue weighted by molar-refractivity contribution is 6.17. The summed E-state index contributed by atoms with van der Waals surface area (Å²) in [5.74, 6) is 0.512. The fraction of sp³-hybridized carbons (Fsp3) is 0.250. The number of aromatic nitrogens is 2. The molecule has 2 rings (SSSR count). The Labute approximate surface area is 94.5 Å². The van der Waals surface area contributed by atoms with E-state index < -0.39 is 0 Å². The summed E-state index contributed by atoms with van der Waals surface area (Å²) < 4.78 is 1.91. The zero-order chi connectivity index (χ0) is 10.8. The molecule has 0 saturated heterocycles. The van der Waals surface area contributed by atoms with Crippen molar-refractivity contribution >= 4 is 11.6 Å². The smallest absolute Gasteiger partial charge is 0.0648 e. The Balaban J connectivity index is 2.45. The first-order valence-corrected chi connectivity index (χ1v) is 5.42. The minimum Gasteiger partial charge on any atom is -0.238 e. The molecular formula is C12H13ClN2. The number of nitrogens with zero attached hydrogens (tertiary/aromatic N) is 2. The molecular weight excluding hydrogens is 208 g/mol. The molecule has 2 nitrogen and oxygen atoms in total. The summed E-state index contributed by atoms with van der Waals surface area (Å²) in [4.78, 5) is 0. The standard InChI is InChI=1S/C12H13ClN2/c1-9-3-5-12(6-4-9)15-10(2)11(7-13)8-14-15/h3-6,8H,7H2,1-2H3. The van der Waals surface area contributed by atoms with Gasteiger partial charge in [-0.15, -0.1) is 11.6 Å². The molecule has 0 radical (unpaired) electrons. The Bertz CT molecular complexity index is 457. The lowest BCUT2D eigenvalue weighted by atomic mass is 10.2. The van der Waals surface area contributed by atoms with Crippen molar-refractivity contribution in [2.45, 2.75) is 19.7 Å². The van der Waals surface area contributed by atoms with Gasteiger partial charge in [-0.1, -0.05) is 17.7 Å². The number of alkyl halides is 1.